The fraction of sp³-hybridized carbons (Fsp3) is 0.367. The maximum absolute atomic E-state index is 13.2. The highest BCUT2D eigenvalue weighted by Crippen LogP contribution is 2.34. The van der Waals surface area contributed by atoms with Crippen molar-refractivity contribution in [2.75, 3.05) is 29.9 Å². The number of nitrogens with one attached hydrogen (secondary N) is 3. The SMILES string of the molecule is O=C(NCC1CCCc2ccc(C(=O)NC3CCN(c4ccncc4)CC3)cc21)Nc1cc(C(F)(F)F)ccc1Cl. The molecule has 0 saturated carbocycles. The van der Waals surface area contributed by atoms with Crippen LogP contribution in [0.1, 0.15) is 58.6 Å². The van der Waals surface area contributed by atoms with E-state index in [9.17, 15) is 22.8 Å². The Morgan fingerprint density at radius 2 is 1.76 bits per heavy atom. The molecular formula is C30H31ClF3N5O2. The number of urea groups is 1. The van der Waals surface area contributed by atoms with Gasteiger partial charge in [0.15, 0.2) is 0 Å². The van der Waals surface area contributed by atoms with Crippen LogP contribution in [0.25, 0.3) is 0 Å². The molecule has 1 saturated heterocycles. The molecule has 216 valence electrons. The van der Waals surface area contributed by atoms with Crippen LogP contribution in [0.5, 0.6) is 0 Å². The first-order valence-corrected chi connectivity index (χ1v) is 14.1. The molecule has 5 rings (SSSR count). The third-order valence-electron chi connectivity index (χ3n) is 7.76. The van der Waals surface area contributed by atoms with Gasteiger partial charge in [0.1, 0.15) is 0 Å². The molecule has 1 aliphatic carbocycles. The van der Waals surface area contributed by atoms with Crippen LogP contribution in [0.3, 0.4) is 0 Å². The van der Waals surface area contributed by atoms with Crippen LogP contribution >= 0.6 is 11.6 Å². The molecule has 11 heteroatoms. The number of alkyl halides is 3. The zero-order valence-corrected chi connectivity index (χ0v) is 23.1. The number of fused-ring (bicyclic) bond motifs is 1. The molecule has 2 heterocycles. The zero-order valence-electron chi connectivity index (χ0n) is 22.3. The highest BCUT2D eigenvalue weighted by Gasteiger charge is 2.31. The zero-order chi connectivity index (χ0) is 29.0. The molecule has 2 aromatic carbocycles. The third kappa shape index (κ3) is 7.11. The Balaban J connectivity index is 1.18. The number of rotatable bonds is 6. The molecule has 0 bridgehead atoms. The standard InChI is InChI=1S/C30H31ClF3N5O2/c31-26-7-6-22(30(32,33)34)17-27(26)38-29(41)36-18-21-3-1-2-19-4-5-20(16-25(19)21)28(40)37-23-10-14-39(15-11-23)24-8-12-35-13-9-24/h4-9,12-13,16-17,21,23H,1-3,10-11,14-15,18H2,(H,37,40)(H2,36,38,41). The predicted octanol–water partition coefficient (Wildman–Crippen LogP) is 6.39. The van der Waals surface area contributed by atoms with E-state index in [2.05, 4.69) is 25.8 Å². The Bertz CT molecular complexity index is 1390. The van der Waals surface area contributed by atoms with Crippen LogP contribution in [-0.2, 0) is 12.6 Å². The quantitative estimate of drug-likeness (QED) is 0.313. The van der Waals surface area contributed by atoms with E-state index >= 15 is 0 Å². The summed E-state index contributed by atoms with van der Waals surface area (Å²) in [4.78, 5) is 32.1. The van der Waals surface area contributed by atoms with Gasteiger partial charge in [-0.05, 0) is 85.7 Å². The number of nitrogens with zero attached hydrogens (tertiary/aromatic N) is 2. The molecule has 0 radical (unpaired) electrons. The van der Waals surface area contributed by atoms with Gasteiger partial charge in [0.05, 0.1) is 16.3 Å². The van der Waals surface area contributed by atoms with Gasteiger partial charge in [-0.3, -0.25) is 9.78 Å². The number of carbonyl (C=O) groups excluding carboxylic acids is 2. The highest BCUT2D eigenvalue weighted by molar-refractivity contribution is 6.33. The summed E-state index contributed by atoms with van der Waals surface area (Å²) in [6.07, 6.45) is 3.32. The number of hydrogen-bond donors (Lipinski definition) is 3. The lowest BCUT2D eigenvalue weighted by molar-refractivity contribution is -0.137. The number of aryl methyl sites for hydroxylation is 1. The van der Waals surface area contributed by atoms with E-state index in [-0.39, 0.29) is 35.1 Å². The molecule has 0 spiro atoms. The van der Waals surface area contributed by atoms with Crippen molar-refractivity contribution in [3.05, 3.63) is 88.2 Å². The minimum absolute atomic E-state index is 0.00913. The Kier molecular flexibility index (Phi) is 8.68. The van der Waals surface area contributed by atoms with Crippen LogP contribution in [0, 0.1) is 0 Å². The van der Waals surface area contributed by atoms with E-state index in [0.29, 0.717) is 5.56 Å². The molecule has 1 atom stereocenters. The lowest BCUT2D eigenvalue weighted by Crippen LogP contribution is -2.44. The van der Waals surface area contributed by atoms with Crippen molar-refractivity contribution < 1.29 is 22.8 Å². The maximum Gasteiger partial charge on any atom is 0.416 e. The van der Waals surface area contributed by atoms with Crippen LogP contribution in [-0.4, -0.2) is 42.6 Å². The van der Waals surface area contributed by atoms with Crippen molar-refractivity contribution in [2.45, 2.75) is 50.2 Å². The van der Waals surface area contributed by atoms with E-state index in [1.54, 1.807) is 12.4 Å². The summed E-state index contributed by atoms with van der Waals surface area (Å²) in [5.74, 6) is -0.151. The summed E-state index contributed by atoms with van der Waals surface area (Å²) in [5.41, 5.74) is 2.83. The Morgan fingerprint density at radius 3 is 2.49 bits per heavy atom. The van der Waals surface area contributed by atoms with Crippen LogP contribution in [0.4, 0.5) is 29.3 Å². The lowest BCUT2D eigenvalue weighted by Gasteiger charge is -2.34. The van der Waals surface area contributed by atoms with Gasteiger partial charge >= 0.3 is 12.2 Å². The van der Waals surface area contributed by atoms with Gasteiger partial charge in [0.25, 0.3) is 5.91 Å². The fourth-order valence-corrected chi connectivity index (χ4v) is 5.70. The normalized spacial score (nSPS) is 17.5. The molecule has 2 aliphatic rings. The van der Waals surface area contributed by atoms with Gasteiger partial charge in [0.2, 0.25) is 0 Å². The average molecular weight is 586 g/mol. The molecule has 41 heavy (non-hydrogen) atoms. The van der Waals surface area contributed by atoms with Crippen molar-refractivity contribution in [3.63, 3.8) is 0 Å². The van der Waals surface area contributed by atoms with Crippen LogP contribution < -0.4 is 20.9 Å². The molecule has 3 aromatic rings. The number of hydrogen-bond acceptors (Lipinski definition) is 4. The van der Waals surface area contributed by atoms with E-state index < -0.39 is 17.8 Å². The topological polar surface area (TPSA) is 86.4 Å². The first-order valence-electron chi connectivity index (χ1n) is 13.7. The third-order valence-corrected chi connectivity index (χ3v) is 8.09. The Morgan fingerprint density at radius 1 is 1.00 bits per heavy atom. The highest BCUT2D eigenvalue weighted by atomic mass is 35.5. The molecule has 1 unspecified atom stereocenters. The fourth-order valence-electron chi connectivity index (χ4n) is 5.54. The summed E-state index contributed by atoms with van der Waals surface area (Å²) >= 11 is 6.01. The number of anilines is 2. The van der Waals surface area contributed by atoms with E-state index in [4.69, 9.17) is 11.6 Å². The second-order valence-electron chi connectivity index (χ2n) is 10.5. The molecule has 7 nitrogen and oxygen atoms in total. The Labute approximate surface area is 241 Å². The maximum atomic E-state index is 13.2. The van der Waals surface area contributed by atoms with Gasteiger partial charge in [-0.1, -0.05) is 17.7 Å². The molecule has 1 aromatic heterocycles. The number of pyridine rings is 1. The molecule has 1 fully saturated rings. The largest absolute Gasteiger partial charge is 0.416 e. The minimum Gasteiger partial charge on any atom is -0.371 e. The monoisotopic (exact) mass is 585 g/mol. The molecular weight excluding hydrogens is 555 g/mol. The van der Waals surface area contributed by atoms with Crippen LogP contribution in [0.2, 0.25) is 5.02 Å². The van der Waals surface area contributed by atoms with Crippen molar-refractivity contribution in [1.29, 1.82) is 0 Å². The second kappa shape index (κ2) is 12.4. The van der Waals surface area contributed by atoms with Crippen molar-refractivity contribution in [3.8, 4) is 0 Å². The van der Waals surface area contributed by atoms with Gasteiger partial charge in [-0.25, -0.2) is 4.79 Å². The number of halogens is 4. The number of aromatic nitrogens is 1. The number of piperidine rings is 1. The van der Waals surface area contributed by atoms with E-state index in [0.717, 1.165) is 80.2 Å². The predicted molar refractivity (Wildman–Crippen MR) is 153 cm³/mol. The van der Waals surface area contributed by atoms with Gasteiger partial charge in [-0.15, -0.1) is 0 Å². The van der Waals surface area contributed by atoms with E-state index in [1.165, 1.54) is 0 Å². The minimum atomic E-state index is -4.55. The summed E-state index contributed by atoms with van der Waals surface area (Å²) in [5, 5.41) is 8.37. The lowest BCUT2D eigenvalue weighted by atomic mass is 9.82. The first-order chi connectivity index (χ1) is 19.7. The molecule has 1 aliphatic heterocycles. The molecule has 3 amide bonds. The van der Waals surface area contributed by atoms with Gasteiger partial charge < -0.3 is 20.9 Å². The molecule has 3 N–H and O–H groups in total. The van der Waals surface area contributed by atoms with Gasteiger partial charge in [-0.2, -0.15) is 13.2 Å². The Hall–Kier alpha value is -3.79. The summed E-state index contributed by atoms with van der Waals surface area (Å²) in [6, 6.07) is 11.9. The summed E-state index contributed by atoms with van der Waals surface area (Å²) in [6.45, 7) is 1.97. The second-order valence-corrected chi connectivity index (χ2v) is 10.9. The van der Waals surface area contributed by atoms with Crippen LogP contribution in [0.15, 0.2) is 60.9 Å². The first kappa shape index (κ1) is 28.7. The average Bonchev–Trinajstić information content (AvgIpc) is 2.97. The number of carbonyl (C=O) groups is 2. The van der Waals surface area contributed by atoms with Crippen molar-refractivity contribution in [1.82, 2.24) is 15.6 Å². The number of amides is 3. The smallest absolute Gasteiger partial charge is 0.371 e. The van der Waals surface area contributed by atoms with Crippen molar-refractivity contribution in [2.24, 2.45) is 0 Å². The summed E-state index contributed by atoms with van der Waals surface area (Å²) in [7, 11) is 0. The van der Waals surface area contributed by atoms with E-state index in [1.807, 2.05) is 30.3 Å². The summed E-state index contributed by atoms with van der Waals surface area (Å²) < 4.78 is 39.2. The van der Waals surface area contributed by atoms with Gasteiger partial charge in [0, 0.05) is 55.2 Å². The number of benzene rings is 2. The van der Waals surface area contributed by atoms with Crippen molar-refractivity contribution >= 4 is 34.9 Å².